The maximum atomic E-state index is 11.5. The predicted molar refractivity (Wildman–Crippen MR) is 70.5 cm³/mol. The topological polar surface area (TPSA) is 61.5 Å². The third-order valence-electron chi connectivity index (χ3n) is 2.58. The Bertz CT molecular complexity index is 416. The van der Waals surface area contributed by atoms with Crippen LogP contribution in [0.15, 0.2) is 18.2 Å². The molecule has 18 heavy (non-hydrogen) atoms. The number of rotatable bonds is 5. The fourth-order valence-electron chi connectivity index (χ4n) is 1.62. The molecule has 1 aromatic rings. The van der Waals surface area contributed by atoms with E-state index in [9.17, 15) is 4.79 Å². The lowest BCUT2D eigenvalue weighted by Crippen LogP contribution is -2.27. The fourth-order valence-corrected chi connectivity index (χ4v) is 1.62. The second-order valence-electron chi connectivity index (χ2n) is 4.34. The Kier molecular flexibility index (Phi) is 5.16. The number of ether oxygens (including phenoxy) is 2. The highest BCUT2D eigenvalue weighted by Crippen LogP contribution is 2.26. The van der Waals surface area contributed by atoms with Crippen LogP contribution in [0.25, 0.3) is 0 Å². The molecule has 0 aliphatic carbocycles. The molecule has 0 aliphatic rings. The van der Waals surface area contributed by atoms with Crippen molar-refractivity contribution < 1.29 is 14.3 Å². The Morgan fingerprint density at radius 1 is 1.39 bits per heavy atom. The molecule has 0 fully saturated rings. The molecule has 2 atom stereocenters. The third kappa shape index (κ3) is 3.74. The summed E-state index contributed by atoms with van der Waals surface area (Å²) in [5.74, 6) is 0.278. The van der Waals surface area contributed by atoms with Crippen molar-refractivity contribution in [1.29, 1.82) is 0 Å². The normalized spacial score (nSPS) is 13.8. The Balaban J connectivity index is 2.88. The van der Waals surface area contributed by atoms with Gasteiger partial charge in [-0.05, 0) is 39.3 Å². The first kappa shape index (κ1) is 14.5. The SMILES string of the molecule is CCOC(=O)C(C)Oc1cc(C)ccc1[C@@H](C)N. The van der Waals surface area contributed by atoms with Crippen molar-refractivity contribution in [2.75, 3.05) is 6.61 Å². The molecule has 1 aromatic carbocycles. The van der Waals surface area contributed by atoms with E-state index in [0.29, 0.717) is 12.4 Å². The summed E-state index contributed by atoms with van der Waals surface area (Å²) >= 11 is 0. The van der Waals surface area contributed by atoms with Crippen LogP contribution in [0.5, 0.6) is 5.75 Å². The van der Waals surface area contributed by atoms with Gasteiger partial charge in [-0.15, -0.1) is 0 Å². The van der Waals surface area contributed by atoms with Crippen LogP contribution in [0.2, 0.25) is 0 Å². The molecular weight excluding hydrogens is 230 g/mol. The minimum Gasteiger partial charge on any atom is -0.479 e. The van der Waals surface area contributed by atoms with Crippen LogP contribution in [0, 0.1) is 6.92 Å². The van der Waals surface area contributed by atoms with Crippen molar-refractivity contribution in [3.05, 3.63) is 29.3 Å². The molecule has 0 aliphatic heterocycles. The number of nitrogens with two attached hydrogens (primary N) is 1. The van der Waals surface area contributed by atoms with Crippen LogP contribution in [0.3, 0.4) is 0 Å². The van der Waals surface area contributed by atoms with Crippen LogP contribution in [-0.4, -0.2) is 18.7 Å². The van der Waals surface area contributed by atoms with Gasteiger partial charge in [-0.2, -0.15) is 0 Å². The zero-order valence-electron chi connectivity index (χ0n) is 11.4. The summed E-state index contributed by atoms with van der Waals surface area (Å²) in [6.07, 6.45) is -0.635. The van der Waals surface area contributed by atoms with E-state index in [1.807, 2.05) is 32.0 Å². The van der Waals surface area contributed by atoms with E-state index in [1.54, 1.807) is 13.8 Å². The van der Waals surface area contributed by atoms with Crippen molar-refractivity contribution in [2.45, 2.75) is 39.8 Å². The van der Waals surface area contributed by atoms with Gasteiger partial charge in [-0.1, -0.05) is 12.1 Å². The summed E-state index contributed by atoms with van der Waals surface area (Å²) in [6, 6.07) is 5.64. The molecule has 0 saturated heterocycles. The zero-order chi connectivity index (χ0) is 13.7. The van der Waals surface area contributed by atoms with Gasteiger partial charge < -0.3 is 15.2 Å². The van der Waals surface area contributed by atoms with Gasteiger partial charge in [0.05, 0.1) is 6.61 Å². The fraction of sp³-hybridized carbons (Fsp3) is 0.500. The van der Waals surface area contributed by atoms with E-state index in [1.165, 1.54) is 0 Å². The maximum Gasteiger partial charge on any atom is 0.347 e. The minimum absolute atomic E-state index is 0.144. The number of hydrogen-bond donors (Lipinski definition) is 1. The highest BCUT2D eigenvalue weighted by molar-refractivity contribution is 5.74. The van der Waals surface area contributed by atoms with Gasteiger partial charge in [-0.25, -0.2) is 4.79 Å². The summed E-state index contributed by atoms with van der Waals surface area (Å²) in [6.45, 7) is 7.63. The van der Waals surface area contributed by atoms with Crippen molar-refractivity contribution in [3.63, 3.8) is 0 Å². The van der Waals surface area contributed by atoms with Crippen molar-refractivity contribution in [2.24, 2.45) is 5.73 Å². The van der Waals surface area contributed by atoms with Crippen LogP contribution < -0.4 is 10.5 Å². The van der Waals surface area contributed by atoms with Gasteiger partial charge in [0.1, 0.15) is 5.75 Å². The number of hydrogen-bond acceptors (Lipinski definition) is 4. The second kappa shape index (κ2) is 6.40. The molecule has 100 valence electrons. The first-order chi connectivity index (χ1) is 8.45. The monoisotopic (exact) mass is 251 g/mol. The maximum absolute atomic E-state index is 11.5. The van der Waals surface area contributed by atoms with Crippen LogP contribution in [0.4, 0.5) is 0 Å². The quantitative estimate of drug-likeness (QED) is 0.816. The zero-order valence-corrected chi connectivity index (χ0v) is 11.4. The van der Waals surface area contributed by atoms with Gasteiger partial charge in [0.2, 0.25) is 0 Å². The largest absolute Gasteiger partial charge is 0.479 e. The number of benzene rings is 1. The number of aryl methyl sites for hydroxylation is 1. The Morgan fingerprint density at radius 2 is 2.06 bits per heavy atom. The number of carbonyl (C=O) groups excluding carboxylic acids is 1. The first-order valence-electron chi connectivity index (χ1n) is 6.15. The lowest BCUT2D eigenvalue weighted by molar-refractivity contribution is -0.150. The average Bonchev–Trinajstić information content (AvgIpc) is 2.28. The summed E-state index contributed by atoms with van der Waals surface area (Å²) in [5.41, 5.74) is 7.83. The van der Waals surface area contributed by atoms with Gasteiger partial charge in [0, 0.05) is 11.6 Å². The molecule has 1 unspecified atom stereocenters. The Morgan fingerprint density at radius 3 is 2.61 bits per heavy atom. The van der Waals surface area contributed by atoms with Crippen molar-refractivity contribution >= 4 is 5.97 Å². The highest BCUT2D eigenvalue weighted by Gasteiger charge is 2.18. The average molecular weight is 251 g/mol. The molecule has 2 N–H and O–H groups in total. The van der Waals surface area contributed by atoms with Gasteiger partial charge >= 0.3 is 5.97 Å². The van der Waals surface area contributed by atoms with Crippen LogP contribution in [0.1, 0.15) is 37.9 Å². The van der Waals surface area contributed by atoms with Crippen molar-refractivity contribution in [3.8, 4) is 5.75 Å². The van der Waals surface area contributed by atoms with Crippen LogP contribution >= 0.6 is 0 Å². The number of carbonyl (C=O) groups is 1. The summed E-state index contributed by atoms with van der Waals surface area (Å²) < 4.78 is 10.6. The van der Waals surface area contributed by atoms with Crippen LogP contribution in [-0.2, 0) is 9.53 Å². The summed E-state index contributed by atoms with van der Waals surface area (Å²) in [7, 11) is 0. The van der Waals surface area contributed by atoms with E-state index in [-0.39, 0.29) is 12.0 Å². The number of esters is 1. The van der Waals surface area contributed by atoms with E-state index in [2.05, 4.69) is 0 Å². The molecule has 1 rings (SSSR count). The molecule has 0 spiro atoms. The second-order valence-corrected chi connectivity index (χ2v) is 4.34. The molecular formula is C14H21NO3. The minimum atomic E-state index is -0.635. The van der Waals surface area contributed by atoms with E-state index in [4.69, 9.17) is 15.2 Å². The first-order valence-corrected chi connectivity index (χ1v) is 6.15. The standard InChI is InChI=1S/C14H21NO3/c1-5-17-14(16)11(4)18-13-8-9(2)6-7-12(13)10(3)15/h6-8,10-11H,5,15H2,1-4H3/t10-,11?/m1/s1. The summed E-state index contributed by atoms with van der Waals surface area (Å²) in [4.78, 5) is 11.5. The Hall–Kier alpha value is -1.55. The van der Waals surface area contributed by atoms with E-state index >= 15 is 0 Å². The molecule has 0 bridgehead atoms. The lowest BCUT2D eigenvalue weighted by atomic mass is 10.1. The molecule has 0 amide bonds. The van der Waals surface area contributed by atoms with Gasteiger partial charge in [0.15, 0.2) is 6.10 Å². The molecule has 0 aromatic heterocycles. The molecule has 4 heteroatoms. The third-order valence-corrected chi connectivity index (χ3v) is 2.58. The van der Waals surface area contributed by atoms with E-state index in [0.717, 1.165) is 11.1 Å². The van der Waals surface area contributed by atoms with E-state index < -0.39 is 6.10 Å². The van der Waals surface area contributed by atoms with Gasteiger partial charge in [0.25, 0.3) is 0 Å². The molecule has 4 nitrogen and oxygen atoms in total. The Labute approximate surface area is 108 Å². The highest BCUT2D eigenvalue weighted by atomic mass is 16.6. The van der Waals surface area contributed by atoms with Gasteiger partial charge in [-0.3, -0.25) is 0 Å². The lowest BCUT2D eigenvalue weighted by Gasteiger charge is -2.18. The predicted octanol–water partition coefficient (Wildman–Crippen LogP) is 2.35. The van der Waals surface area contributed by atoms with Crippen molar-refractivity contribution in [1.82, 2.24) is 0 Å². The molecule has 0 radical (unpaired) electrons. The smallest absolute Gasteiger partial charge is 0.347 e. The summed E-state index contributed by atoms with van der Waals surface area (Å²) in [5, 5.41) is 0. The molecule has 0 heterocycles. The molecule has 0 saturated carbocycles.